The molecule has 2 aromatic rings. The number of rotatable bonds is 6. The summed E-state index contributed by atoms with van der Waals surface area (Å²) in [4.78, 5) is 24.3. The van der Waals surface area contributed by atoms with E-state index in [1.165, 1.54) is 0 Å². The maximum Gasteiger partial charge on any atom is 0.261 e. The van der Waals surface area contributed by atoms with Gasteiger partial charge in [-0.3, -0.25) is 9.59 Å². The average molecular weight is 354 g/mol. The normalized spacial score (nSPS) is 11.6. The van der Waals surface area contributed by atoms with E-state index >= 15 is 0 Å². The first-order valence-corrected chi connectivity index (χ1v) is 8.65. The summed E-state index contributed by atoms with van der Waals surface area (Å²) in [7, 11) is 0. The van der Waals surface area contributed by atoms with Gasteiger partial charge in [-0.15, -0.1) is 0 Å². The second-order valence-corrected chi connectivity index (χ2v) is 6.62. The van der Waals surface area contributed by atoms with Gasteiger partial charge in [-0.05, 0) is 63.4 Å². The molecule has 2 aromatic carbocycles. The van der Waals surface area contributed by atoms with E-state index in [2.05, 4.69) is 10.6 Å². The van der Waals surface area contributed by atoms with Gasteiger partial charge in [-0.25, -0.2) is 0 Å². The van der Waals surface area contributed by atoms with Crippen LogP contribution in [0.4, 0.5) is 5.69 Å². The molecule has 26 heavy (non-hydrogen) atoms. The van der Waals surface area contributed by atoms with E-state index in [0.29, 0.717) is 5.75 Å². The number of hydrogen-bond acceptors (Lipinski definition) is 3. The van der Waals surface area contributed by atoms with Crippen LogP contribution in [-0.4, -0.2) is 24.5 Å². The van der Waals surface area contributed by atoms with Gasteiger partial charge in [0.15, 0.2) is 6.10 Å². The third-order valence-electron chi connectivity index (χ3n) is 4.04. The van der Waals surface area contributed by atoms with Crippen molar-refractivity contribution in [2.24, 2.45) is 0 Å². The van der Waals surface area contributed by atoms with Gasteiger partial charge >= 0.3 is 0 Å². The highest BCUT2D eigenvalue weighted by atomic mass is 16.5. The zero-order valence-corrected chi connectivity index (χ0v) is 16.0. The molecule has 0 unspecified atom stereocenters. The van der Waals surface area contributed by atoms with Crippen molar-refractivity contribution < 1.29 is 14.3 Å². The second kappa shape index (κ2) is 8.52. The quantitative estimate of drug-likeness (QED) is 0.835. The predicted octanol–water partition coefficient (Wildman–Crippen LogP) is 3.44. The maximum atomic E-state index is 12.2. The molecule has 1 atom stereocenters. The lowest BCUT2D eigenvalue weighted by atomic mass is 10.1. The molecule has 5 heteroatoms. The average Bonchev–Trinajstić information content (AvgIpc) is 2.55. The van der Waals surface area contributed by atoms with Gasteiger partial charge in [0.25, 0.3) is 5.91 Å². The van der Waals surface area contributed by atoms with Crippen LogP contribution in [-0.2, 0) is 9.59 Å². The molecule has 0 aliphatic heterocycles. The first-order valence-electron chi connectivity index (χ1n) is 8.65. The third-order valence-corrected chi connectivity index (χ3v) is 4.04. The third kappa shape index (κ3) is 5.34. The zero-order chi connectivity index (χ0) is 19.3. The van der Waals surface area contributed by atoms with Crippen LogP contribution in [0.2, 0.25) is 0 Å². The van der Waals surface area contributed by atoms with Crippen LogP contribution in [0.1, 0.15) is 29.2 Å². The first kappa shape index (κ1) is 19.5. The summed E-state index contributed by atoms with van der Waals surface area (Å²) in [5, 5.41) is 5.47. The maximum absolute atomic E-state index is 12.2. The Morgan fingerprint density at radius 1 is 1.00 bits per heavy atom. The lowest BCUT2D eigenvalue weighted by molar-refractivity contribution is -0.129. The molecule has 0 fully saturated rings. The molecule has 0 spiro atoms. The molecule has 2 N–H and O–H groups in total. The van der Waals surface area contributed by atoms with Crippen molar-refractivity contribution in [3.63, 3.8) is 0 Å². The molecule has 2 rings (SSSR count). The zero-order valence-electron chi connectivity index (χ0n) is 16.0. The minimum atomic E-state index is -0.688. The van der Waals surface area contributed by atoms with Crippen molar-refractivity contribution in [2.75, 3.05) is 11.9 Å². The number of benzene rings is 2. The molecule has 0 radical (unpaired) electrons. The van der Waals surface area contributed by atoms with Gasteiger partial charge in [0, 0.05) is 5.69 Å². The molecule has 0 aliphatic rings. The van der Waals surface area contributed by atoms with Crippen LogP contribution in [0, 0.1) is 27.7 Å². The van der Waals surface area contributed by atoms with Crippen molar-refractivity contribution in [2.45, 2.75) is 40.7 Å². The van der Waals surface area contributed by atoms with Gasteiger partial charge in [0.05, 0.1) is 6.54 Å². The summed E-state index contributed by atoms with van der Waals surface area (Å²) in [6.45, 7) is 9.42. The van der Waals surface area contributed by atoms with Crippen LogP contribution in [0.5, 0.6) is 5.75 Å². The Morgan fingerprint density at radius 2 is 1.65 bits per heavy atom. The van der Waals surface area contributed by atoms with Crippen LogP contribution < -0.4 is 15.4 Å². The largest absolute Gasteiger partial charge is 0.481 e. The van der Waals surface area contributed by atoms with E-state index in [1.807, 2.05) is 58.0 Å². The number of carbonyl (C=O) groups excluding carboxylic acids is 2. The van der Waals surface area contributed by atoms with E-state index in [-0.39, 0.29) is 18.4 Å². The van der Waals surface area contributed by atoms with Crippen LogP contribution in [0.3, 0.4) is 0 Å². The number of amides is 2. The molecule has 5 nitrogen and oxygen atoms in total. The number of aryl methyl sites for hydroxylation is 4. The molecular formula is C21H26N2O3. The summed E-state index contributed by atoms with van der Waals surface area (Å²) in [6, 6.07) is 11.5. The summed E-state index contributed by atoms with van der Waals surface area (Å²) >= 11 is 0. The van der Waals surface area contributed by atoms with Crippen LogP contribution >= 0.6 is 0 Å². The van der Waals surface area contributed by atoms with Crippen LogP contribution in [0.15, 0.2) is 36.4 Å². The Hall–Kier alpha value is -2.82. The molecule has 0 saturated carbocycles. The summed E-state index contributed by atoms with van der Waals surface area (Å²) in [6.07, 6.45) is -0.688. The highest BCUT2D eigenvalue weighted by Crippen LogP contribution is 2.21. The van der Waals surface area contributed by atoms with Crippen molar-refractivity contribution >= 4 is 17.5 Å². The van der Waals surface area contributed by atoms with E-state index in [4.69, 9.17) is 4.74 Å². The molecule has 0 aromatic heterocycles. The van der Waals surface area contributed by atoms with Crippen molar-refractivity contribution in [3.05, 3.63) is 58.7 Å². The molecule has 0 heterocycles. The standard InChI is InChI=1S/C21H26N2O3/c1-13-7-6-8-18(11-13)26-17(5)21(25)22-12-19(24)23-20-15(3)9-14(2)10-16(20)4/h6-11,17H,12H2,1-5H3,(H,22,25)(H,23,24)/t17-/m0/s1. The van der Waals surface area contributed by atoms with Gasteiger partial charge < -0.3 is 15.4 Å². The lowest BCUT2D eigenvalue weighted by Gasteiger charge is -2.16. The van der Waals surface area contributed by atoms with Crippen molar-refractivity contribution in [1.82, 2.24) is 5.32 Å². The summed E-state index contributed by atoms with van der Waals surface area (Å²) in [5.41, 5.74) is 4.99. The van der Waals surface area contributed by atoms with Gasteiger partial charge in [0.2, 0.25) is 5.91 Å². The minimum Gasteiger partial charge on any atom is -0.481 e. The number of anilines is 1. The number of carbonyl (C=O) groups is 2. The second-order valence-electron chi connectivity index (χ2n) is 6.62. The first-order chi connectivity index (χ1) is 12.3. The fourth-order valence-corrected chi connectivity index (χ4v) is 2.82. The highest BCUT2D eigenvalue weighted by Gasteiger charge is 2.16. The van der Waals surface area contributed by atoms with Gasteiger partial charge in [-0.1, -0.05) is 29.8 Å². The van der Waals surface area contributed by atoms with Crippen molar-refractivity contribution in [3.8, 4) is 5.75 Å². The van der Waals surface area contributed by atoms with Gasteiger partial charge in [-0.2, -0.15) is 0 Å². The summed E-state index contributed by atoms with van der Waals surface area (Å²) in [5.74, 6) is 0.0261. The fourth-order valence-electron chi connectivity index (χ4n) is 2.82. The summed E-state index contributed by atoms with van der Waals surface area (Å²) < 4.78 is 5.62. The minimum absolute atomic E-state index is 0.104. The lowest BCUT2D eigenvalue weighted by Crippen LogP contribution is -2.40. The molecule has 0 aliphatic carbocycles. The van der Waals surface area contributed by atoms with Crippen LogP contribution in [0.25, 0.3) is 0 Å². The van der Waals surface area contributed by atoms with E-state index in [0.717, 1.165) is 27.9 Å². The Kier molecular flexibility index (Phi) is 6.39. The SMILES string of the molecule is Cc1cccc(O[C@@H](C)C(=O)NCC(=O)Nc2c(C)cc(C)cc2C)c1. The van der Waals surface area contributed by atoms with Gasteiger partial charge in [0.1, 0.15) is 5.75 Å². The Morgan fingerprint density at radius 3 is 2.27 bits per heavy atom. The topological polar surface area (TPSA) is 67.4 Å². The fraction of sp³-hybridized carbons (Fsp3) is 0.333. The number of hydrogen-bond donors (Lipinski definition) is 2. The molecule has 138 valence electrons. The molecule has 2 amide bonds. The predicted molar refractivity (Wildman–Crippen MR) is 104 cm³/mol. The van der Waals surface area contributed by atoms with E-state index < -0.39 is 6.10 Å². The smallest absolute Gasteiger partial charge is 0.261 e. The Balaban J connectivity index is 1.87. The van der Waals surface area contributed by atoms with E-state index in [9.17, 15) is 9.59 Å². The highest BCUT2D eigenvalue weighted by molar-refractivity contribution is 5.96. The molecule has 0 bridgehead atoms. The monoisotopic (exact) mass is 354 g/mol. The Labute approximate surface area is 154 Å². The van der Waals surface area contributed by atoms with Crippen molar-refractivity contribution in [1.29, 1.82) is 0 Å². The Bertz CT molecular complexity index is 792. The number of nitrogens with one attached hydrogen (secondary N) is 2. The molecular weight excluding hydrogens is 328 g/mol. The number of ether oxygens (including phenoxy) is 1. The molecule has 0 saturated heterocycles. The van der Waals surface area contributed by atoms with E-state index in [1.54, 1.807) is 13.0 Å².